The maximum absolute atomic E-state index is 13.0. The molecular formula is C20H21NO4. The van der Waals surface area contributed by atoms with Gasteiger partial charge in [-0.25, -0.2) is 4.90 Å². The molecule has 2 atom stereocenters. The van der Waals surface area contributed by atoms with Crippen molar-refractivity contribution in [2.75, 3.05) is 19.1 Å². The van der Waals surface area contributed by atoms with Crippen molar-refractivity contribution in [3.63, 3.8) is 0 Å². The van der Waals surface area contributed by atoms with Gasteiger partial charge in [0.1, 0.15) is 11.5 Å². The Hall–Kier alpha value is -2.82. The summed E-state index contributed by atoms with van der Waals surface area (Å²) < 4.78 is 10.6. The quantitative estimate of drug-likeness (QED) is 0.784. The fraction of sp³-hybridized carbons (Fsp3) is 0.300. The molecule has 0 spiro atoms. The number of ether oxygens (including phenoxy) is 2. The van der Waals surface area contributed by atoms with Crippen molar-refractivity contribution in [3.8, 4) is 11.5 Å². The van der Waals surface area contributed by atoms with Crippen LogP contribution in [0.4, 0.5) is 5.69 Å². The fourth-order valence-electron chi connectivity index (χ4n) is 3.26. The minimum Gasteiger partial charge on any atom is -0.497 e. The molecule has 5 heteroatoms. The van der Waals surface area contributed by atoms with E-state index in [4.69, 9.17) is 9.47 Å². The molecule has 130 valence electrons. The lowest BCUT2D eigenvalue weighted by Gasteiger charge is -2.21. The molecule has 0 aromatic heterocycles. The van der Waals surface area contributed by atoms with E-state index in [9.17, 15) is 9.59 Å². The van der Waals surface area contributed by atoms with Gasteiger partial charge in [0.2, 0.25) is 11.8 Å². The third-order valence-electron chi connectivity index (χ3n) is 4.74. The van der Waals surface area contributed by atoms with Gasteiger partial charge in [-0.1, -0.05) is 37.3 Å². The summed E-state index contributed by atoms with van der Waals surface area (Å²) in [5.74, 6) is 0.189. The molecule has 2 amide bonds. The van der Waals surface area contributed by atoms with Gasteiger partial charge in [-0.3, -0.25) is 9.59 Å². The van der Waals surface area contributed by atoms with E-state index in [0.717, 1.165) is 5.56 Å². The third kappa shape index (κ3) is 3.09. The number of hydrogen-bond donors (Lipinski definition) is 0. The normalized spacial score (nSPS) is 18.4. The van der Waals surface area contributed by atoms with E-state index < -0.39 is 0 Å². The highest BCUT2D eigenvalue weighted by Gasteiger charge is 2.43. The van der Waals surface area contributed by atoms with Crippen LogP contribution in [0.1, 0.15) is 24.8 Å². The first kappa shape index (κ1) is 17.0. The number of carbonyl (C=O) groups excluding carboxylic acids is 2. The van der Waals surface area contributed by atoms with Gasteiger partial charge in [0, 0.05) is 12.5 Å². The van der Waals surface area contributed by atoms with Crippen LogP contribution in [0, 0.1) is 5.92 Å². The molecule has 0 N–H and O–H groups in total. The zero-order valence-corrected chi connectivity index (χ0v) is 14.6. The minimum atomic E-state index is -0.384. The molecule has 0 radical (unpaired) electrons. The topological polar surface area (TPSA) is 55.8 Å². The zero-order chi connectivity index (χ0) is 18.0. The molecular weight excluding hydrogens is 318 g/mol. The van der Waals surface area contributed by atoms with Crippen LogP contribution in [0.2, 0.25) is 0 Å². The number of hydrogen-bond acceptors (Lipinski definition) is 4. The van der Waals surface area contributed by atoms with Crippen LogP contribution in [0.15, 0.2) is 48.5 Å². The minimum absolute atomic E-state index is 0.0424. The summed E-state index contributed by atoms with van der Waals surface area (Å²) in [6.07, 6.45) is 0.190. The highest BCUT2D eigenvalue weighted by Crippen LogP contribution is 2.40. The van der Waals surface area contributed by atoms with Gasteiger partial charge in [0.15, 0.2) is 0 Å². The third-order valence-corrected chi connectivity index (χ3v) is 4.74. The van der Waals surface area contributed by atoms with Crippen LogP contribution in [0.25, 0.3) is 0 Å². The van der Waals surface area contributed by atoms with Gasteiger partial charge in [-0.05, 0) is 23.6 Å². The van der Waals surface area contributed by atoms with Crippen molar-refractivity contribution >= 4 is 17.5 Å². The second kappa shape index (κ2) is 6.97. The molecule has 0 saturated carbocycles. The Kier molecular flexibility index (Phi) is 4.74. The predicted octanol–water partition coefficient (Wildman–Crippen LogP) is 3.39. The number of methoxy groups -OCH3 is 2. The van der Waals surface area contributed by atoms with Gasteiger partial charge >= 0.3 is 0 Å². The summed E-state index contributed by atoms with van der Waals surface area (Å²) in [6.45, 7) is 1.98. The number of nitrogens with zero attached hydrogens (tertiary/aromatic N) is 1. The molecule has 25 heavy (non-hydrogen) atoms. The van der Waals surface area contributed by atoms with Crippen LogP contribution in [0.5, 0.6) is 11.5 Å². The summed E-state index contributed by atoms with van der Waals surface area (Å²) in [7, 11) is 3.06. The van der Waals surface area contributed by atoms with Gasteiger partial charge in [0.05, 0.1) is 25.8 Å². The highest BCUT2D eigenvalue weighted by atomic mass is 16.5. The molecule has 1 fully saturated rings. The van der Waals surface area contributed by atoms with Crippen LogP contribution in [-0.4, -0.2) is 26.0 Å². The number of carbonyl (C=O) groups is 2. The van der Waals surface area contributed by atoms with Gasteiger partial charge in [-0.2, -0.15) is 0 Å². The van der Waals surface area contributed by atoms with Gasteiger partial charge < -0.3 is 9.47 Å². The van der Waals surface area contributed by atoms with Crippen molar-refractivity contribution in [1.29, 1.82) is 0 Å². The van der Waals surface area contributed by atoms with Crippen molar-refractivity contribution in [2.45, 2.75) is 19.3 Å². The smallest absolute Gasteiger partial charge is 0.238 e. The first-order chi connectivity index (χ1) is 12.1. The Bertz CT molecular complexity index is 788. The van der Waals surface area contributed by atoms with Crippen molar-refractivity contribution in [3.05, 3.63) is 54.1 Å². The second-order valence-corrected chi connectivity index (χ2v) is 6.12. The standard InChI is InChI=1S/C20H21NO4/c1-13(14-7-5-4-6-8-14)16-12-19(22)21(20(16)23)17-11-15(24-2)9-10-18(17)25-3/h4-11,13,16H,12H2,1-3H3/t13-,16+/m1/s1. The average molecular weight is 339 g/mol. The first-order valence-electron chi connectivity index (χ1n) is 8.20. The SMILES string of the molecule is COc1ccc(OC)c(N2C(=O)C[C@@H]([C@H](C)c3ccccc3)C2=O)c1. The molecule has 1 aliphatic heterocycles. The lowest BCUT2D eigenvalue weighted by Crippen LogP contribution is -2.31. The van der Waals surface area contributed by atoms with Crippen molar-refractivity contribution < 1.29 is 19.1 Å². The lowest BCUT2D eigenvalue weighted by molar-refractivity contribution is -0.122. The molecule has 0 aliphatic carbocycles. The average Bonchev–Trinajstić information content (AvgIpc) is 2.95. The molecule has 2 aromatic carbocycles. The summed E-state index contributed by atoms with van der Waals surface area (Å²) in [6, 6.07) is 14.9. The summed E-state index contributed by atoms with van der Waals surface area (Å²) in [5.41, 5.74) is 1.48. The predicted molar refractivity (Wildman–Crippen MR) is 95.0 cm³/mol. The van der Waals surface area contributed by atoms with E-state index in [1.54, 1.807) is 25.3 Å². The highest BCUT2D eigenvalue weighted by molar-refractivity contribution is 6.22. The molecule has 0 bridgehead atoms. The molecule has 1 heterocycles. The summed E-state index contributed by atoms with van der Waals surface area (Å²) in [5, 5.41) is 0. The van der Waals surface area contributed by atoms with Crippen molar-refractivity contribution in [1.82, 2.24) is 0 Å². The fourth-order valence-corrected chi connectivity index (χ4v) is 3.26. The number of anilines is 1. The molecule has 0 unspecified atom stereocenters. The Morgan fingerprint density at radius 2 is 1.76 bits per heavy atom. The Morgan fingerprint density at radius 3 is 2.40 bits per heavy atom. The molecule has 2 aromatic rings. The lowest BCUT2D eigenvalue weighted by atomic mass is 9.86. The maximum atomic E-state index is 13.0. The largest absolute Gasteiger partial charge is 0.497 e. The van der Waals surface area contributed by atoms with Crippen LogP contribution in [-0.2, 0) is 9.59 Å². The van der Waals surface area contributed by atoms with Gasteiger partial charge in [-0.15, -0.1) is 0 Å². The Morgan fingerprint density at radius 1 is 1.04 bits per heavy atom. The van der Waals surface area contributed by atoms with Crippen LogP contribution < -0.4 is 14.4 Å². The molecule has 1 saturated heterocycles. The number of amides is 2. The molecule has 5 nitrogen and oxygen atoms in total. The van der Waals surface area contributed by atoms with Crippen LogP contribution >= 0.6 is 0 Å². The second-order valence-electron chi connectivity index (χ2n) is 6.12. The Labute approximate surface area is 147 Å². The summed E-state index contributed by atoms with van der Waals surface area (Å²) >= 11 is 0. The van der Waals surface area contributed by atoms with Crippen molar-refractivity contribution in [2.24, 2.45) is 5.92 Å². The van der Waals surface area contributed by atoms with E-state index in [2.05, 4.69) is 0 Å². The monoisotopic (exact) mass is 339 g/mol. The Balaban J connectivity index is 1.95. The summed E-state index contributed by atoms with van der Waals surface area (Å²) in [4.78, 5) is 26.8. The zero-order valence-electron chi connectivity index (χ0n) is 14.6. The maximum Gasteiger partial charge on any atom is 0.238 e. The van der Waals surface area contributed by atoms with E-state index in [-0.39, 0.29) is 30.1 Å². The van der Waals surface area contributed by atoms with E-state index >= 15 is 0 Å². The van der Waals surface area contributed by atoms with E-state index in [1.807, 2.05) is 37.3 Å². The molecule has 1 aliphatic rings. The first-order valence-corrected chi connectivity index (χ1v) is 8.20. The van der Waals surface area contributed by atoms with E-state index in [0.29, 0.717) is 17.2 Å². The van der Waals surface area contributed by atoms with Gasteiger partial charge in [0.25, 0.3) is 0 Å². The van der Waals surface area contributed by atoms with E-state index in [1.165, 1.54) is 12.0 Å². The number of benzene rings is 2. The number of rotatable bonds is 5. The van der Waals surface area contributed by atoms with Crippen LogP contribution in [0.3, 0.4) is 0 Å². The number of imide groups is 1. The molecule has 3 rings (SSSR count).